The highest BCUT2D eigenvalue weighted by Gasteiger charge is 2.41. The summed E-state index contributed by atoms with van der Waals surface area (Å²) in [6.07, 6.45) is 0.660. The first-order valence-corrected chi connectivity index (χ1v) is 11.3. The van der Waals surface area contributed by atoms with Crippen LogP contribution in [-0.2, 0) is 20.9 Å². The first-order chi connectivity index (χ1) is 15.0. The highest BCUT2D eigenvalue weighted by molar-refractivity contribution is 8.26. The molecule has 2 aromatic rings. The zero-order chi connectivity index (χ0) is 22.0. The standard InChI is InChI=1S/C23H21FN2O3S2/c1-2-29-13-7-12-25-22(28)20(31-23(25)30)19-16-9-4-6-11-18(16)26(21(19)27)14-15-8-3-5-10-17(15)24/h3-6,8-11H,2,7,12-14H2,1H3. The third kappa shape index (κ3) is 4.15. The van der Waals surface area contributed by atoms with Gasteiger partial charge in [-0.1, -0.05) is 60.4 Å². The third-order valence-electron chi connectivity index (χ3n) is 5.16. The summed E-state index contributed by atoms with van der Waals surface area (Å²) in [6, 6.07) is 13.6. The van der Waals surface area contributed by atoms with Crippen LogP contribution in [0.5, 0.6) is 0 Å². The molecule has 2 heterocycles. The first-order valence-electron chi connectivity index (χ1n) is 10.0. The molecule has 8 heteroatoms. The SMILES string of the molecule is CCOCCCN1C(=O)C(=C2C(=O)N(Cc3ccccc3F)c3ccccc32)SC1=S. The van der Waals surface area contributed by atoms with Crippen LogP contribution in [0.25, 0.3) is 5.57 Å². The van der Waals surface area contributed by atoms with Gasteiger partial charge in [-0.15, -0.1) is 0 Å². The number of thiocarbonyl (C=S) groups is 1. The van der Waals surface area contributed by atoms with Crippen molar-refractivity contribution in [2.45, 2.75) is 19.9 Å². The topological polar surface area (TPSA) is 49.9 Å². The zero-order valence-electron chi connectivity index (χ0n) is 17.0. The van der Waals surface area contributed by atoms with Crippen LogP contribution in [0.2, 0.25) is 0 Å². The van der Waals surface area contributed by atoms with E-state index in [2.05, 4.69) is 0 Å². The number of carbonyl (C=O) groups excluding carboxylic acids is 2. The summed E-state index contributed by atoms with van der Waals surface area (Å²) in [5.41, 5.74) is 2.07. The number of benzene rings is 2. The highest BCUT2D eigenvalue weighted by atomic mass is 32.2. The van der Waals surface area contributed by atoms with Crippen molar-refractivity contribution in [2.24, 2.45) is 0 Å². The lowest BCUT2D eigenvalue weighted by molar-refractivity contribution is -0.122. The molecule has 1 fully saturated rings. The van der Waals surface area contributed by atoms with Gasteiger partial charge in [-0.3, -0.25) is 14.5 Å². The quantitative estimate of drug-likeness (QED) is 0.352. The summed E-state index contributed by atoms with van der Waals surface area (Å²) in [6.45, 7) is 3.60. The summed E-state index contributed by atoms with van der Waals surface area (Å²) >= 11 is 6.56. The average molecular weight is 457 g/mol. The minimum Gasteiger partial charge on any atom is -0.382 e. The van der Waals surface area contributed by atoms with Crippen LogP contribution in [0.1, 0.15) is 24.5 Å². The van der Waals surface area contributed by atoms with Crippen LogP contribution < -0.4 is 4.90 Å². The Hall–Kier alpha value is -2.55. The molecule has 0 bridgehead atoms. The van der Waals surface area contributed by atoms with Crippen molar-refractivity contribution in [3.05, 3.63) is 70.4 Å². The average Bonchev–Trinajstić information content (AvgIpc) is 3.20. The Kier molecular flexibility index (Phi) is 6.50. The number of ether oxygens (including phenoxy) is 1. The fourth-order valence-electron chi connectivity index (χ4n) is 3.66. The number of fused-ring (bicyclic) bond motifs is 1. The van der Waals surface area contributed by atoms with Gasteiger partial charge in [0.25, 0.3) is 11.8 Å². The largest absolute Gasteiger partial charge is 0.382 e. The summed E-state index contributed by atoms with van der Waals surface area (Å²) in [5, 5.41) is 0. The van der Waals surface area contributed by atoms with Crippen molar-refractivity contribution < 1.29 is 18.7 Å². The molecular formula is C23H21FN2O3S2. The van der Waals surface area contributed by atoms with Crippen molar-refractivity contribution in [1.29, 1.82) is 0 Å². The van der Waals surface area contributed by atoms with Gasteiger partial charge in [0.1, 0.15) is 10.1 Å². The van der Waals surface area contributed by atoms with Crippen LogP contribution >= 0.6 is 24.0 Å². The molecule has 0 spiro atoms. The minimum atomic E-state index is -0.373. The van der Waals surface area contributed by atoms with Gasteiger partial charge in [-0.25, -0.2) is 4.39 Å². The van der Waals surface area contributed by atoms with E-state index >= 15 is 0 Å². The van der Waals surface area contributed by atoms with Crippen LogP contribution in [0, 0.1) is 5.82 Å². The van der Waals surface area contributed by atoms with E-state index in [9.17, 15) is 14.0 Å². The van der Waals surface area contributed by atoms with Crippen molar-refractivity contribution in [2.75, 3.05) is 24.7 Å². The molecule has 5 nitrogen and oxygen atoms in total. The lowest BCUT2D eigenvalue weighted by atomic mass is 10.1. The van der Waals surface area contributed by atoms with E-state index in [1.807, 2.05) is 31.2 Å². The monoisotopic (exact) mass is 456 g/mol. The van der Waals surface area contributed by atoms with E-state index in [1.165, 1.54) is 15.9 Å². The lowest BCUT2D eigenvalue weighted by Crippen LogP contribution is -2.30. The fraction of sp³-hybridized carbons (Fsp3) is 0.261. The first kappa shape index (κ1) is 21.7. The summed E-state index contributed by atoms with van der Waals surface area (Å²) in [5.74, 6) is -0.960. The number of hydrogen-bond acceptors (Lipinski definition) is 5. The van der Waals surface area contributed by atoms with E-state index in [4.69, 9.17) is 17.0 Å². The number of amides is 2. The second-order valence-electron chi connectivity index (χ2n) is 7.08. The van der Waals surface area contributed by atoms with Crippen LogP contribution in [0.4, 0.5) is 10.1 Å². The molecule has 2 aliphatic rings. The van der Waals surface area contributed by atoms with Crippen molar-refractivity contribution in [1.82, 2.24) is 4.90 Å². The van der Waals surface area contributed by atoms with E-state index in [0.29, 0.717) is 57.8 Å². The molecule has 31 heavy (non-hydrogen) atoms. The number of halogens is 1. The maximum absolute atomic E-state index is 14.2. The Morgan fingerprint density at radius 2 is 1.77 bits per heavy atom. The number of hydrogen-bond donors (Lipinski definition) is 0. The van der Waals surface area contributed by atoms with Gasteiger partial charge in [0.05, 0.1) is 22.7 Å². The Labute approximate surface area is 189 Å². The highest BCUT2D eigenvalue weighted by Crippen LogP contribution is 2.45. The molecular weight excluding hydrogens is 435 g/mol. The third-order valence-corrected chi connectivity index (χ3v) is 6.61. The predicted molar refractivity (Wildman–Crippen MR) is 124 cm³/mol. The Bertz CT molecular complexity index is 1090. The second kappa shape index (κ2) is 9.30. The molecule has 0 aromatic heterocycles. The van der Waals surface area contributed by atoms with Gasteiger partial charge in [-0.05, 0) is 25.5 Å². The number of carbonyl (C=O) groups is 2. The number of nitrogens with zero attached hydrogens (tertiary/aromatic N) is 2. The molecule has 0 saturated carbocycles. The fourth-order valence-corrected chi connectivity index (χ4v) is 5.04. The number of rotatable bonds is 7. The maximum Gasteiger partial charge on any atom is 0.267 e. The van der Waals surface area contributed by atoms with Crippen LogP contribution in [0.3, 0.4) is 0 Å². The van der Waals surface area contributed by atoms with Gasteiger partial charge in [-0.2, -0.15) is 0 Å². The summed E-state index contributed by atoms with van der Waals surface area (Å²) in [4.78, 5) is 29.9. The smallest absolute Gasteiger partial charge is 0.267 e. The van der Waals surface area contributed by atoms with Crippen LogP contribution in [-0.4, -0.2) is 40.8 Å². The predicted octanol–water partition coefficient (Wildman–Crippen LogP) is 4.37. The lowest BCUT2D eigenvalue weighted by Gasteiger charge is -2.17. The van der Waals surface area contributed by atoms with Gasteiger partial charge >= 0.3 is 0 Å². The Balaban J connectivity index is 1.66. The second-order valence-corrected chi connectivity index (χ2v) is 8.72. The molecule has 160 valence electrons. The molecule has 0 radical (unpaired) electrons. The van der Waals surface area contributed by atoms with E-state index in [0.717, 1.165) is 11.8 Å². The summed E-state index contributed by atoms with van der Waals surface area (Å²) < 4.78 is 20.0. The molecule has 0 unspecified atom stereocenters. The van der Waals surface area contributed by atoms with Gasteiger partial charge in [0, 0.05) is 30.9 Å². The minimum absolute atomic E-state index is 0.0840. The number of anilines is 1. The van der Waals surface area contributed by atoms with Gasteiger partial charge in [0.2, 0.25) is 0 Å². The molecule has 1 saturated heterocycles. The van der Waals surface area contributed by atoms with Crippen molar-refractivity contribution in [3.63, 3.8) is 0 Å². The molecule has 0 aliphatic carbocycles. The molecule has 4 rings (SSSR count). The molecule has 0 atom stereocenters. The Morgan fingerprint density at radius 1 is 1.03 bits per heavy atom. The van der Waals surface area contributed by atoms with Gasteiger partial charge in [0.15, 0.2) is 0 Å². The van der Waals surface area contributed by atoms with Crippen molar-refractivity contribution >= 4 is 51.4 Å². The zero-order valence-corrected chi connectivity index (χ0v) is 18.6. The maximum atomic E-state index is 14.2. The number of para-hydroxylation sites is 1. The molecule has 2 amide bonds. The number of thioether (sulfide) groups is 1. The van der Waals surface area contributed by atoms with Crippen LogP contribution in [0.15, 0.2) is 53.4 Å². The summed E-state index contributed by atoms with van der Waals surface area (Å²) in [7, 11) is 0. The normalized spacial score (nSPS) is 18.3. The van der Waals surface area contributed by atoms with E-state index in [1.54, 1.807) is 18.2 Å². The van der Waals surface area contributed by atoms with Crippen molar-refractivity contribution in [3.8, 4) is 0 Å². The molecule has 2 aliphatic heterocycles. The molecule has 0 N–H and O–H groups in total. The molecule has 2 aromatic carbocycles. The Morgan fingerprint density at radius 3 is 2.55 bits per heavy atom. The van der Waals surface area contributed by atoms with E-state index < -0.39 is 0 Å². The van der Waals surface area contributed by atoms with E-state index in [-0.39, 0.29) is 24.2 Å². The van der Waals surface area contributed by atoms with Gasteiger partial charge < -0.3 is 9.64 Å².